The van der Waals surface area contributed by atoms with Crippen LogP contribution < -0.4 is 5.73 Å². The molecule has 0 fully saturated rings. The molecule has 0 bridgehead atoms. The molecule has 0 aromatic carbocycles. The summed E-state index contributed by atoms with van der Waals surface area (Å²) >= 11 is 0. The molecule has 0 saturated heterocycles. The van der Waals surface area contributed by atoms with Crippen LogP contribution >= 0.6 is 0 Å². The van der Waals surface area contributed by atoms with E-state index in [0.717, 1.165) is 11.5 Å². The lowest BCUT2D eigenvalue weighted by atomic mass is 9.92. The zero-order valence-corrected chi connectivity index (χ0v) is 11.8. The Hall–Kier alpha value is -1.43. The van der Waals surface area contributed by atoms with Crippen molar-refractivity contribution in [3.05, 3.63) is 11.5 Å². The minimum absolute atomic E-state index is 0.0610. The molecular formula is C14H23N3. The summed E-state index contributed by atoms with van der Waals surface area (Å²) in [4.78, 5) is 4.71. The Balaban J connectivity index is 3.47. The second-order valence-electron chi connectivity index (χ2n) is 6.46. The Bertz CT molecular complexity index is 448. The number of terminal acetylenes is 1. The van der Waals surface area contributed by atoms with Crippen LogP contribution in [0.1, 0.15) is 53.1 Å². The van der Waals surface area contributed by atoms with Crippen molar-refractivity contribution >= 4 is 5.82 Å². The third-order valence-corrected chi connectivity index (χ3v) is 2.64. The molecule has 0 unspecified atom stereocenters. The van der Waals surface area contributed by atoms with Crippen molar-refractivity contribution in [2.45, 2.75) is 58.9 Å². The summed E-state index contributed by atoms with van der Waals surface area (Å²) in [5.74, 6) is 4.30. The summed E-state index contributed by atoms with van der Waals surface area (Å²) in [7, 11) is 0. The molecule has 0 amide bonds. The van der Waals surface area contributed by atoms with E-state index in [2.05, 4.69) is 47.5 Å². The second kappa shape index (κ2) is 4.10. The van der Waals surface area contributed by atoms with Crippen LogP contribution in [0.5, 0.6) is 0 Å². The van der Waals surface area contributed by atoms with Gasteiger partial charge in [-0.2, -0.15) is 0 Å². The van der Waals surface area contributed by atoms with Crippen LogP contribution in [0.3, 0.4) is 0 Å². The SMILES string of the molecule is C#CCn1c(C(C)(C)C)nc(C(C)(C)C)c1N. The Kier molecular flexibility index (Phi) is 3.29. The predicted octanol–water partition coefficient (Wildman–Crippen LogP) is 2.69. The van der Waals surface area contributed by atoms with E-state index in [1.807, 2.05) is 4.57 Å². The molecule has 94 valence electrons. The summed E-state index contributed by atoms with van der Waals surface area (Å²) < 4.78 is 1.95. The largest absolute Gasteiger partial charge is 0.383 e. The molecule has 1 aromatic rings. The third-order valence-electron chi connectivity index (χ3n) is 2.64. The lowest BCUT2D eigenvalue weighted by Gasteiger charge is -2.19. The van der Waals surface area contributed by atoms with Gasteiger partial charge in [-0.15, -0.1) is 6.42 Å². The number of anilines is 1. The monoisotopic (exact) mass is 233 g/mol. The van der Waals surface area contributed by atoms with Crippen molar-refractivity contribution in [1.29, 1.82) is 0 Å². The fourth-order valence-corrected chi connectivity index (χ4v) is 1.84. The minimum atomic E-state index is -0.0655. The van der Waals surface area contributed by atoms with Crippen molar-refractivity contribution in [2.75, 3.05) is 5.73 Å². The average molecular weight is 233 g/mol. The van der Waals surface area contributed by atoms with Gasteiger partial charge >= 0.3 is 0 Å². The predicted molar refractivity (Wildman–Crippen MR) is 72.9 cm³/mol. The summed E-state index contributed by atoms with van der Waals surface area (Å²) in [5, 5.41) is 0. The Morgan fingerprint density at radius 2 is 1.71 bits per heavy atom. The van der Waals surface area contributed by atoms with Gasteiger partial charge in [-0.3, -0.25) is 0 Å². The van der Waals surface area contributed by atoms with Crippen LogP contribution in [0, 0.1) is 12.3 Å². The summed E-state index contributed by atoms with van der Waals surface area (Å²) in [6.45, 7) is 13.2. The van der Waals surface area contributed by atoms with Gasteiger partial charge in [0.15, 0.2) is 0 Å². The molecule has 0 atom stereocenters. The van der Waals surface area contributed by atoms with E-state index in [4.69, 9.17) is 17.1 Å². The van der Waals surface area contributed by atoms with Crippen LogP contribution in [0.25, 0.3) is 0 Å². The fraction of sp³-hybridized carbons (Fsp3) is 0.643. The number of imidazole rings is 1. The van der Waals surface area contributed by atoms with Crippen molar-refractivity contribution in [3.8, 4) is 12.3 Å². The minimum Gasteiger partial charge on any atom is -0.383 e. The number of nitrogen functional groups attached to an aromatic ring is 1. The standard InChI is InChI=1S/C14H23N3/c1-8-9-17-11(15)10(13(2,3)4)16-12(17)14(5,6)7/h1H,9,15H2,2-7H3. The van der Waals surface area contributed by atoms with Crippen LogP contribution in [0.15, 0.2) is 0 Å². The first-order chi connectivity index (χ1) is 7.59. The molecule has 3 heteroatoms. The molecule has 0 saturated carbocycles. The Morgan fingerprint density at radius 3 is 2.06 bits per heavy atom. The smallest absolute Gasteiger partial charge is 0.128 e. The third kappa shape index (κ3) is 2.63. The van der Waals surface area contributed by atoms with Gasteiger partial charge < -0.3 is 10.3 Å². The maximum atomic E-state index is 6.18. The van der Waals surface area contributed by atoms with Gasteiger partial charge in [0.2, 0.25) is 0 Å². The first-order valence-electron chi connectivity index (χ1n) is 5.89. The highest BCUT2D eigenvalue weighted by atomic mass is 15.2. The van der Waals surface area contributed by atoms with E-state index >= 15 is 0 Å². The molecular weight excluding hydrogens is 210 g/mol. The van der Waals surface area contributed by atoms with Gasteiger partial charge in [0.1, 0.15) is 11.6 Å². The first-order valence-corrected chi connectivity index (χ1v) is 5.89. The van der Waals surface area contributed by atoms with Crippen LogP contribution in [0.4, 0.5) is 5.82 Å². The summed E-state index contributed by atoms with van der Waals surface area (Å²) in [6.07, 6.45) is 5.41. The van der Waals surface area contributed by atoms with Gasteiger partial charge in [0, 0.05) is 10.8 Å². The molecule has 0 aliphatic carbocycles. The quantitative estimate of drug-likeness (QED) is 0.758. The van der Waals surface area contributed by atoms with E-state index < -0.39 is 0 Å². The summed E-state index contributed by atoms with van der Waals surface area (Å²) in [6, 6.07) is 0. The van der Waals surface area contributed by atoms with E-state index in [-0.39, 0.29) is 10.8 Å². The highest BCUT2D eigenvalue weighted by Crippen LogP contribution is 2.32. The molecule has 1 aromatic heterocycles. The number of rotatable bonds is 1. The number of nitrogens with two attached hydrogens (primary N) is 1. The van der Waals surface area contributed by atoms with E-state index in [9.17, 15) is 0 Å². The number of aromatic nitrogens is 2. The van der Waals surface area contributed by atoms with Gasteiger partial charge in [0.05, 0.1) is 12.2 Å². The van der Waals surface area contributed by atoms with E-state index in [0.29, 0.717) is 12.4 Å². The Labute approximate surface area is 104 Å². The Morgan fingerprint density at radius 1 is 1.18 bits per heavy atom. The fourth-order valence-electron chi connectivity index (χ4n) is 1.84. The lowest BCUT2D eigenvalue weighted by molar-refractivity contribution is 0.511. The molecule has 0 aliphatic rings. The second-order valence-corrected chi connectivity index (χ2v) is 6.46. The van der Waals surface area contributed by atoms with Gasteiger partial charge in [-0.05, 0) is 0 Å². The van der Waals surface area contributed by atoms with Crippen molar-refractivity contribution in [1.82, 2.24) is 9.55 Å². The van der Waals surface area contributed by atoms with Crippen molar-refractivity contribution in [2.24, 2.45) is 0 Å². The summed E-state index contributed by atoms with van der Waals surface area (Å²) in [5.41, 5.74) is 6.98. The molecule has 0 radical (unpaired) electrons. The molecule has 1 rings (SSSR count). The molecule has 17 heavy (non-hydrogen) atoms. The van der Waals surface area contributed by atoms with E-state index in [1.165, 1.54) is 0 Å². The van der Waals surface area contributed by atoms with Crippen LogP contribution in [-0.4, -0.2) is 9.55 Å². The van der Waals surface area contributed by atoms with Crippen molar-refractivity contribution < 1.29 is 0 Å². The molecule has 1 heterocycles. The normalized spacial score (nSPS) is 12.5. The van der Waals surface area contributed by atoms with Gasteiger partial charge in [-0.1, -0.05) is 47.5 Å². The topological polar surface area (TPSA) is 43.8 Å². The maximum Gasteiger partial charge on any atom is 0.128 e. The first kappa shape index (κ1) is 13.6. The average Bonchev–Trinajstić information content (AvgIpc) is 2.43. The highest BCUT2D eigenvalue weighted by Gasteiger charge is 2.29. The molecule has 2 N–H and O–H groups in total. The number of nitrogens with zero attached hydrogens (tertiary/aromatic N) is 2. The van der Waals surface area contributed by atoms with Gasteiger partial charge in [0.25, 0.3) is 0 Å². The van der Waals surface area contributed by atoms with Crippen LogP contribution in [0.2, 0.25) is 0 Å². The number of hydrogen-bond donors (Lipinski definition) is 1. The van der Waals surface area contributed by atoms with Crippen LogP contribution in [-0.2, 0) is 17.4 Å². The van der Waals surface area contributed by atoms with E-state index in [1.54, 1.807) is 0 Å². The molecule has 3 nitrogen and oxygen atoms in total. The molecule has 0 aliphatic heterocycles. The highest BCUT2D eigenvalue weighted by molar-refractivity contribution is 5.44. The lowest BCUT2D eigenvalue weighted by Crippen LogP contribution is -2.19. The maximum absolute atomic E-state index is 6.18. The zero-order valence-electron chi connectivity index (χ0n) is 11.8. The number of hydrogen-bond acceptors (Lipinski definition) is 2. The molecule has 0 spiro atoms. The van der Waals surface area contributed by atoms with Crippen molar-refractivity contribution in [3.63, 3.8) is 0 Å². The zero-order chi connectivity index (χ0) is 13.4. The van der Waals surface area contributed by atoms with Gasteiger partial charge in [-0.25, -0.2) is 4.98 Å².